The topological polar surface area (TPSA) is 41.6 Å². The molecule has 1 amide bonds. The Kier molecular flexibility index (Phi) is 4.95. The van der Waals surface area contributed by atoms with Crippen LogP contribution in [0.4, 0.5) is 24.5 Å². The maximum Gasteiger partial charge on any atom is 0.416 e. The minimum absolute atomic E-state index is 0.109. The number of halogens is 4. The lowest BCUT2D eigenvalue weighted by molar-refractivity contribution is -0.137. The van der Waals surface area contributed by atoms with Crippen LogP contribution in [0, 0.1) is 0 Å². The van der Waals surface area contributed by atoms with Gasteiger partial charge in [0.25, 0.3) is 0 Å². The highest BCUT2D eigenvalue weighted by atomic mass is 35.5. The number of anilines is 2. The number of carbonyl (C=O) groups excluding carboxylic acids is 1. The molecule has 1 aromatic rings. The Labute approximate surface area is 124 Å². The molecule has 1 saturated heterocycles. The van der Waals surface area contributed by atoms with Crippen molar-refractivity contribution < 1.29 is 22.7 Å². The summed E-state index contributed by atoms with van der Waals surface area (Å²) in [5.41, 5.74) is -0.175. The number of amides is 1. The van der Waals surface area contributed by atoms with E-state index in [0.717, 1.165) is 12.1 Å². The maximum atomic E-state index is 12.8. The number of hydrogen-bond donors (Lipinski definition) is 1. The Morgan fingerprint density at radius 1 is 1.33 bits per heavy atom. The Balaban J connectivity index is 2.35. The number of ether oxygens (including phenoxy) is 1. The number of nitrogens with zero attached hydrogens (tertiary/aromatic N) is 1. The standard InChI is InChI=1S/C13H14ClF3N2O2/c14-8-12(20)18-10-7-9(13(15,16)17)1-2-11(10)19-3-5-21-6-4-19/h1-2,7H,3-6,8H2,(H,18,20). The first kappa shape index (κ1) is 15.9. The SMILES string of the molecule is O=C(CCl)Nc1cc(C(F)(F)F)ccc1N1CCOCC1. The summed E-state index contributed by atoms with van der Waals surface area (Å²) < 4.78 is 43.6. The van der Waals surface area contributed by atoms with E-state index in [-0.39, 0.29) is 11.6 Å². The van der Waals surface area contributed by atoms with Crippen molar-refractivity contribution in [2.75, 3.05) is 42.4 Å². The van der Waals surface area contributed by atoms with Crippen LogP contribution < -0.4 is 10.2 Å². The quantitative estimate of drug-likeness (QED) is 0.870. The average molecular weight is 323 g/mol. The normalized spacial score (nSPS) is 15.9. The van der Waals surface area contributed by atoms with Crippen molar-refractivity contribution in [2.24, 2.45) is 0 Å². The van der Waals surface area contributed by atoms with E-state index in [9.17, 15) is 18.0 Å². The van der Waals surface area contributed by atoms with Gasteiger partial charge in [-0.15, -0.1) is 11.6 Å². The number of morpholine rings is 1. The third kappa shape index (κ3) is 4.01. The van der Waals surface area contributed by atoms with Gasteiger partial charge in [-0.05, 0) is 18.2 Å². The first-order valence-corrected chi connectivity index (χ1v) is 6.85. The minimum Gasteiger partial charge on any atom is -0.378 e. The Morgan fingerprint density at radius 2 is 2.00 bits per heavy atom. The zero-order chi connectivity index (χ0) is 15.5. The second kappa shape index (κ2) is 6.53. The number of benzene rings is 1. The van der Waals surface area contributed by atoms with Gasteiger partial charge < -0.3 is 15.0 Å². The molecule has 1 heterocycles. The summed E-state index contributed by atoms with van der Waals surface area (Å²) in [7, 11) is 0. The van der Waals surface area contributed by atoms with E-state index in [0.29, 0.717) is 32.0 Å². The second-order valence-electron chi connectivity index (χ2n) is 4.51. The van der Waals surface area contributed by atoms with Crippen LogP contribution in [0.2, 0.25) is 0 Å². The number of carbonyl (C=O) groups is 1. The van der Waals surface area contributed by atoms with Crippen molar-refractivity contribution in [3.63, 3.8) is 0 Å². The van der Waals surface area contributed by atoms with Gasteiger partial charge >= 0.3 is 6.18 Å². The summed E-state index contributed by atoms with van der Waals surface area (Å²) in [5, 5.41) is 2.42. The molecule has 0 atom stereocenters. The van der Waals surface area contributed by atoms with E-state index >= 15 is 0 Å². The zero-order valence-electron chi connectivity index (χ0n) is 11.0. The van der Waals surface area contributed by atoms with Crippen molar-refractivity contribution in [1.82, 2.24) is 0 Å². The van der Waals surface area contributed by atoms with Gasteiger partial charge in [0.1, 0.15) is 5.88 Å². The van der Waals surface area contributed by atoms with Crippen molar-refractivity contribution in [3.8, 4) is 0 Å². The molecule has 1 fully saturated rings. The van der Waals surface area contributed by atoms with Crippen molar-refractivity contribution in [2.45, 2.75) is 6.18 Å². The molecular weight excluding hydrogens is 309 g/mol. The van der Waals surface area contributed by atoms with Crippen LogP contribution in [0.5, 0.6) is 0 Å². The molecule has 0 aromatic heterocycles. The van der Waals surface area contributed by atoms with Crippen molar-refractivity contribution >= 4 is 28.9 Å². The molecule has 8 heteroatoms. The molecule has 0 unspecified atom stereocenters. The van der Waals surface area contributed by atoms with E-state index in [1.54, 1.807) is 0 Å². The fourth-order valence-corrected chi connectivity index (χ4v) is 2.14. The van der Waals surface area contributed by atoms with Gasteiger partial charge in [-0.25, -0.2) is 0 Å². The van der Waals surface area contributed by atoms with Gasteiger partial charge in [-0.1, -0.05) is 0 Å². The van der Waals surface area contributed by atoms with Crippen LogP contribution >= 0.6 is 11.6 Å². The molecule has 0 bridgehead atoms. The highest BCUT2D eigenvalue weighted by molar-refractivity contribution is 6.29. The van der Waals surface area contributed by atoms with Crippen LogP contribution in [0.1, 0.15) is 5.56 Å². The fraction of sp³-hybridized carbons (Fsp3) is 0.462. The molecule has 0 aliphatic carbocycles. The van der Waals surface area contributed by atoms with Crippen molar-refractivity contribution in [1.29, 1.82) is 0 Å². The van der Waals surface area contributed by atoms with Gasteiger partial charge in [0.15, 0.2) is 0 Å². The number of rotatable bonds is 3. The smallest absolute Gasteiger partial charge is 0.378 e. The highest BCUT2D eigenvalue weighted by Gasteiger charge is 2.31. The molecule has 1 aliphatic heterocycles. The Bertz CT molecular complexity index is 517. The molecular formula is C13H14ClF3N2O2. The van der Waals surface area contributed by atoms with E-state index in [4.69, 9.17) is 16.3 Å². The van der Waals surface area contributed by atoms with Crippen LogP contribution in [0.25, 0.3) is 0 Å². The zero-order valence-corrected chi connectivity index (χ0v) is 11.8. The molecule has 1 aliphatic rings. The molecule has 4 nitrogen and oxygen atoms in total. The Morgan fingerprint density at radius 3 is 2.57 bits per heavy atom. The van der Waals surface area contributed by atoms with E-state index in [1.807, 2.05) is 4.90 Å². The maximum absolute atomic E-state index is 12.8. The Hall–Kier alpha value is -1.47. The molecule has 2 rings (SSSR count). The largest absolute Gasteiger partial charge is 0.416 e. The molecule has 21 heavy (non-hydrogen) atoms. The summed E-state index contributed by atoms with van der Waals surface area (Å²) in [6.07, 6.45) is -4.47. The molecule has 116 valence electrons. The van der Waals surface area contributed by atoms with E-state index < -0.39 is 17.6 Å². The van der Waals surface area contributed by atoms with Gasteiger partial charge in [-0.2, -0.15) is 13.2 Å². The predicted molar refractivity (Wildman–Crippen MR) is 73.8 cm³/mol. The van der Waals surface area contributed by atoms with Gasteiger partial charge in [0.05, 0.1) is 30.2 Å². The highest BCUT2D eigenvalue weighted by Crippen LogP contribution is 2.35. The average Bonchev–Trinajstić information content (AvgIpc) is 2.47. The van der Waals surface area contributed by atoms with Gasteiger partial charge in [0.2, 0.25) is 5.91 Å². The summed E-state index contributed by atoms with van der Waals surface area (Å²) in [6.45, 7) is 2.08. The molecule has 0 saturated carbocycles. The van der Waals surface area contributed by atoms with Crippen LogP contribution in [0.15, 0.2) is 18.2 Å². The van der Waals surface area contributed by atoms with Gasteiger partial charge in [0, 0.05) is 13.1 Å². The summed E-state index contributed by atoms with van der Waals surface area (Å²) in [4.78, 5) is 13.3. The number of hydrogen-bond acceptors (Lipinski definition) is 3. The summed E-state index contributed by atoms with van der Waals surface area (Å²) in [6, 6.07) is 3.29. The van der Waals surface area contributed by atoms with E-state index in [2.05, 4.69) is 5.32 Å². The predicted octanol–water partition coefficient (Wildman–Crippen LogP) is 2.72. The molecule has 1 aromatic carbocycles. The minimum atomic E-state index is -4.47. The molecule has 0 spiro atoms. The lowest BCUT2D eigenvalue weighted by Crippen LogP contribution is -2.37. The fourth-order valence-electron chi connectivity index (χ4n) is 2.08. The van der Waals surface area contributed by atoms with Crippen molar-refractivity contribution in [3.05, 3.63) is 23.8 Å². The van der Waals surface area contributed by atoms with E-state index in [1.165, 1.54) is 6.07 Å². The lowest BCUT2D eigenvalue weighted by Gasteiger charge is -2.31. The van der Waals surface area contributed by atoms with Crippen LogP contribution in [-0.4, -0.2) is 38.1 Å². The third-order valence-corrected chi connectivity index (χ3v) is 3.31. The summed E-state index contributed by atoms with van der Waals surface area (Å²) in [5.74, 6) is -0.871. The number of alkyl halides is 4. The lowest BCUT2D eigenvalue weighted by atomic mass is 10.1. The molecule has 0 radical (unpaired) electrons. The van der Waals surface area contributed by atoms with Crippen LogP contribution in [-0.2, 0) is 15.7 Å². The van der Waals surface area contributed by atoms with Gasteiger partial charge in [-0.3, -0.25) is 4.79 Å². The second-order valence-corrected chi connectivity index (χ2v) is 4.78. The third-order valence-electron chi connectivity index (χ3n) is 3.07. The molecule has 1 N–H and O–H groups in total. The monoisotopic (exact) mass is 322 g/mol. The van der Waals surface area contributed by atoms with Crippen LogP contribution in [0.3, 0.4) is 0 Å². The first-order chi connectivity index (χ1) is 9.91. The summed E-state index contributed by atoms with van der Waals surface area (Å²) >= 11 is 5.40. The number of nitrogens with one attached hydrogen (secondary N) is 1. The first-order valence-electron chi connectivity index (χ1n) is 6.31.